The molecule has 1 atom stereocenters. The summed E-state index contributed by atoms with van der Waals surface area (Å²) < 4.78 is 6.71. The third kappa shape index (κ3) is 2.80. The maximum atomic E-state index is 5.74. The quantitative estimate of drug-likeness (QED) is 0.762. The van der Waals surface area contributed by atoms with Crippen molar-refractivity contribution in [1.29, 1.82) is 0 Å². The molecule has 0 fully saturated rings. The van der Waals surface area contributed by atoms with Crippen molar-refractivity contribution >= 4 is 23.1 Å². The third-order valence-corrected chi connectivity index (χ3v) is 2.50. The number of fused-ring (bicyclic) bond motifs is 1. The summed E-state index contributed by atoms with van der Waals surface area (Å²) in [4.78, 5) is 4.06. The van der Waals surface area contributed by atoms with Gasteiger partial charge in [-0.15, -0.1) is 16.7 Å². The number of nitrogens with one attached hydrogen (secondary N) is 1. The van der Waals surface area contributed by atoms with Gasteiger partial charge >= 0.3 is 0 Å². The minimum atomic E-state index is 0.106. The number of aromatic nitrogens is 5. The zero-order chi connectivity index (χ0) is 12.1. The molecule has 8 heteroatoms. The Morgan fingerprint density at radius 2 is 2.41 bits per heavy atom. The molecule has 7 nitrogen and oxygen atoms in total. The Kier molecular flexibility index (Phi) is 4.05. The Bertz CT molecular complexity index is 469. The minimum absolute atomic E-state index is 0.106. The van der Waals surface area contributed by atoms with Gasteiger partial charge in [0.2, 0.25) is 0 Å². The first kappa shape index (κ1) is 12.0. The highest BCUT2D eigenvalue weighted by atomic mass is 35.5. The van der Waals surface area contributed by atoms with Gasteiger partial charge < -0.3 is 10.1 Å². The first-order valence-electron chi connectivity index (χ1n) is 5.18. The van der Waals surface area contributed by atoms with Crippen LogP contribution in [0.25, 0.3) is 5.65 Å². The van der Waals surface area contributed by atoms with Gasteiger partial charge in [0.1, 0.15) is 0 Å². The van der Waals surface area contributed by atoms with E-state index in [1.807, 2.05) is 0 Å². The molecule has 2 rings (SSSR count). The van der Waals surface area contributed by atoms with Gasteiger partial charge in [-0.05, 0) is 16.8 Å². The number of tetrazole rings is 1. The van der Waals surface area contributed by atoms with Crippen LogP contribution in [0.3, 0.4) is 0 Å². The summed E-state index contributed by atoms with van der Waals surface area (Å²) in [7, 11) is 1.65. The van der Waals surface area contributed by atoms with Gasteiger partial charge in [-0.2, -0.15) is 4.52 Å². The molecule has 0 saturated carbocycles. The molecule has 0 aliphatic carbocycles. The van der Waals surface area contributed by atoms with Crippen LogP contribution in [0.4, 0.5) is 5.82 Å². The van der Waals surface area contributed by atoms with Crippen molar-refractivity contribution in [3.63, 3.8) is 0 Å². The fourth-order valence-corrected chi connectivity index (χ4v) is 1.78. The zero-order valence-electron chi connectivity index (χ0n) is 9.38. The van der Waals surface area contributed by atoms with E-state index in [0.29, 0.717) is 18.1 Å². The summed E-state index contributed by atoms with van der Waals surface area (Å²) in [6, 6.07) is 0.106. The predicted molar refractivity (Wildman–Crippen MR) is 63.2 cm³/mol. The zero-order valence-corrected chi connectivity index (χ0v) is 10.1. The summed E-state index contributed by atoms with van der Waals surface area (Å²) in [6.07, 6.45) is 4.05. The minimum Gasteiger partial charge on any atom is -0.383 e. The number of alkyl halides is 1. The number of nitrogens with zero attached hydrogens (tertiary/aromatic N) is 5. The van der Waals surface area contributed by atoms with E-state index in [4.69, 9.17) is 16.3 Å². The largest absolute Gasteiger partial charge is 0.383 e. The normalized spacial score (nSPS) is 12.8. The lowest BCUT2D eigenvalue weighted by Gasteiger charge is -2.17. The fourth-order valence-electron chi connectivity index (χ4n) is 1.51. The molecule has 2 aromatic rings. The Labute approximate surface area is 103 Å². The number of halogens is 1. The summed E-state index contributed by atoms with van der Waals surface area (Å²) >= 11 is 5.74. The van der Waals surface area contributed by atoms with E-state index in [1.165, 1.54) is 0 Å². The van der Waals surface area contributed by atoms with Gasteiger partial charge in [0.15, 0.2) is 11.5 Å². The summed E-state index contributed by atoms with van der Waals surface area (Å²) in [5, 5.41) is 14.5. The van der Waals surface area contributed by atoms with Crippen molar-refractivity contribution in [2.45, 2.75) is 12.5 Å². The van der Waals surface area contributed by atoms with Crippen LogP contribution in [0.5, 0.6) is 0 Å². The van der Waals surface area contributed by atoms with Gasteiger partial charge in [-0.1, -0.05) is 0 Å². The molecule has 0 saturated heterocycles. The van der Waals surface area contributed by atoms with E-state index in [9.17, 15) is 0 Å². The maximum absolute atomic E-state index is 5.74. The van der Waals surface area contributed by atoms with Crippen LogP contribution in [-0.4, -0.2) is 50.7 Å². The van der Waals surface area contributed by atoms with E-state index in [1.54, 1.807) is 24.0 Å². The fraction of sp³-hybridized carbons (Fsp3) is 0.556. The lowest BCUT2D eigenvalue weighted by molar-refractivity contribution is 0.184. The van der Waals surface area contributed by atoms with E-state index >= 15 is 0 Å². The van der Waals surface area contributed by atoms with Gasteiger partial charge in [0, 0.05) is 13.0 Å². The highest BCUT2D eigenvalue weighted by Crippen LogP contribution is 2.09. The molecule has 2 heterocycles. The van der Waals surface area contributed by atoms with Gasteiger partial charge in [-0.3, -0.25) is 4.98 Å². The van der Waals surface area contributed by atoms with Crippen LogP contribution >= 0.6 is 11.6 Å². The Hall–Kier alpha value is -1.47. The molecule has 0 aliphatic heterocycles. The van der Waals surface area contributed by atoms with Crippen molar-refractivity contribution in [2.24, 2.45) is 0 Å². The molecule has 0 radical (unpaired) electrons. The van der Waals surface area contributed by atoms with Gasteiger partial charge in [0.05, 0.1) is 25.0 Å². The lowest BCUT2D eigenvalue weighted by Crippen LogP contribution is -2.26. The maximum Gasteiger partial charge on any atom is 0.199 e. The van der Waals surface area contributed by atoms with Crippen LogP contribution < -0.4 is 5.32 Å². The van der Waals surface area contributed by atoms with Gasteiger partial charge in [-0.25, -0.2) is 0 Å². The number of anilines is 1. The second kappa shape index (κ2) is 5.74. The highest BCUT2D eigenvalue weighted by molar-refractivity contribution is 6.17. The van der Waals surface area contributed by atoms with Crippen LogP contribution in [0.2, 0.25) is 0 Å². The number of ether oxygens (including phenoxy) is 1. The third-order valence-electron chi connectivity index (χ3n) is 2.29. The van der Waals surface area contributed by atoms with E-state index < -0.39 is 0 Å². The lowest BCUT2D eigenvalue weighted by atomic mass is 10.2. The molecule has 17 heavy (non-hydrogen) atoms. The summed E-state index contributed by atoms with van der Waals surface area (Å²) in [6.45, 7) is 0.561. The van der Waals surface area contributed by atoms with Crippen LogP contribution in [0, 0.1) is 0 Å². The summed E-state index contributed by atoms with van der Waals surface area (Å²) in [5.41, 5.74) is 0.594. The summed E-state index contributed by atoms with van der Waals surface area (Å²) in [5.74, 6) is 1.28. The average molecular weight is 257 g/mol. The molecule has 0 aliphatic rings. The molecule has 0 amide bonds. The molecule has 2 aromatic heterocycles. The number of hydrogen-bond acceptors (Lipinski definition) is 6. The molecular formula is C9H13ClN6O. The SMILES string of the molecule is COCC(CCCl)Nc1cncc2nnnn12. The van der Waals surface area contributed by atoms with Crippen molar-refractivity contribution in [3.8, 4) is 0 Å². The van der Waals surface area contributed by atoms with Crippen molar-refractivity contribution < 1.29 is 4.74 Å². The Morgan fingerprint density at radius 1 is 1.53 bits per heavy atom. The number of hydrogen-bond donors (Lipinski definition) is 1. The Morgan fingerprint density at radius 3 is 3.18 bits per heavy atom. The van der Waals surface area contributed by atoms with Crippen molar-refractivity contribution in [1.82, 2.24) is 25.0 Å². The molecule has 92 valence electrons. The number of methoxy groups -OCH3 is 1. The van der Waals surface area contributed by atoms with Gasteiger partial charge in [0.25, 0.3) is 0 Å². The van der Waals surface area contributed by atoms with Crippen molar-refractivity contribution in [3.05, 3.63) is 12.4 Å². The Balaban J connectivity index is 2.18. The standard InChI is InChI=1S/C9H13ClN6O/c1-17-6-7(2-3-10)12-8-4-11-5-9-13-14-15-16(8)9/h4-5,7,12H,2-3,6H2,1H3. The first-order chi connectivity index (χ1) is 8.35. The highest BCUT2D eigenvalue weighted by Gasteiger charge is 2.11. The van der Waals surface area contributed by atoms with E-state index in [2.05, 4.69) is 25.8 Å². The molecule has 0 spiro atoms. The monoisotopic (exact) mass is 256 g/mol. The molecule has 0 bridgehead atoms. The molecule has 1 N–H and O–H groups in total. The van der Waals surface area contributed by atoms with Crippen LogP contribution in [0.1, 0.15) is 6.42 Å². The first-order valence-corrected chi connectivity index (χ1v) is 5.72. The molecule has 1 unspecified atom stereocenters. The van der Waals surface area contributed by atoms with Crippen LogP contribution in [-0.2, 0) is 4.74 Å². The molecule has 0 aromatic carbocycles. The second-order valence-electron chi connectivity index (χ2n) is 3.52. The van der Waals surface area contributed by atoms with E-state index in [0.717, 1.165) is 12.2 Å². The van der Waals surface area contributed by atoms with Crippen LogP contribution in [0.15, 0.2) is 12.4 Å². The topological polar surface area (TPSA) is 77.2 Å². The average Bonchev–Trinajstić information content (AvgIpc) is 2.79. The van der Waals surface area contributed by atoms with E-state index in [-0.39, 0.29) is 6.04 Å². The smallest absolute Gasteiger partial charge is 0.199 e. The predicted octanol–water partition coefficient (Wildman–Crippen LogP) is 0.575. The molecular weight excluding hydrogens is 244 g/mol. The second-order valence-corrected chi connectivity index (χ2v) is 3.89. The number of rotatable bonds is 6. The van der Waals surface area contributed by atoms with Crippen molar-refractivity contribution in [2.75, 3.05) is 24.9 Å².